The molecule has 0 radical (unpaired) electrons. The highest BCUT2D eigenvalue weighted by Crippen LogP contribution is 2.18. The molecule has 6 nitrogen and oxygen atoms in total. The van der Waals surface area contributed by atoms with Gasteiger partial charge in [0.05, 0.1) is 18.8 Å². The van der Waals surface area contributed by atoms with Crippen molar-refractivity contribution >= 4 is 29.9 Å². The molecule has 1 atom stereocenters. The summed E-state index contributed by atoms with van der Waals surface area (Å²) in [6, 6.07) is 5.14. The maximum absolute atomic E-state index is 5.56. The van der Waals surface area contributed by atoms with Crippen LogP contribution in [0.2, 0.25) is 0 Å². The van der Waals surface area contributed by atoms with Crippen LogP contribution in [0.5, 0.6) is 0 Å². The Bertz CT molecular complexity index is 480. The summed E-state index contributed by atoms with van der Waals surface area (Å²) in [6.45, 7) is 14.4. The van der Waals surface area contributed by atoms with Gasteiger partial charge < -0.3 is 15.1 Å². The first-order valence-corrected chi connectivity index (χ1v) is 9.34. The quantitative estimate of drug-likeness (QED) is 0.307. The number of nitrogens with zero attached hydrogens (tertiary/aromatic N) is 3. The maximum atomic E-state index is 5.56. The van der Waals surface area contributed by atoms with Crippen molar-refractivity contribution in [2.75, 3.05) is 40.3 Å². The van der Waals surface area contributed by atoms with Gasteiger partial charge in [0.25, 0.3) is 0 Å². The van der Waals surface area contributed by atoms with E-state index in [4.69, 9.17) is 9.41 Å². The minimum Gasteiger partial charge on any atom is -0.468 e. The molecule has 0 aliphatic carbocycles. The van der Waals surface area contributed by atoms with E-state index >= 15 is 0 Å². The van der Waals surface area contributed by atoms with Crippen molar-refractivity contribution in [1.29, 1.82) is 0 Å². The number of hydrogen-bond donors (Lipinski definition) is 2. The van der Waals surface area contributed by atoms with Gasteiger partial charge in [0, 0.05) is 31.7 Å². The standard InChI is InChI=1S/C19H37N5O.HI/c1-8-20-19(21-11-12-24(15(2)3)16(4)5)22-14-17(23(6)7)18-10-9-13-25-18;/h9-10,13,15-17H,8,11-12,14H2,1-7H3,(H2,20,21,22);1H. The summed E-state index contributed by atoms with van der Waals surface area (Å²) in [6.07, 6.45) is 1.71. The molecule has 2 N–H and O–H groups in total. The highest BCUT2D eigenvalue weighted by molar-refractivity contribution is 14.0. The van der Waals surface area contributed by atoms with Crippen LogP contribution in [0.1, 0.15) is 46.4 Å². The van der Waals surface area contributed by atoms with Gasteiger partial charge in [0.2, 0.25) is 0 Å². The minimum atomic E-state index is 0. The predicted molar refractivity (Wildman–Crippen MR) is 122 cm³/mol. The Morgan fingerprint density at radius 2 is 1.81 bits per heavy atom. The second-order valence-electron chi connectivity index (χ2n) is 7.07. The molecule has 0 aliphatic rings. The molecular weight excluding hydrogens is 441 g/mol. The molecular formula is C19H38IN5O. The molecule has 1 unspecified atom stereocenters. The number of aliphatic imine (C=N–C) groups is 1. The van der Waals surface area contributed by atoms with Gasteiger partial charge in [-0.25, -0.2) is 0 Å². The fourth-order valence-electron chi connectivity index (χ4n) is 2.92. The normalized spacial score (nSPS) is 13.4. The predicted octanol–water partition coefficient (Wildman–Crippen LogP) is 3.17. The fraction of sp³-hybridized carbons (Fsp3) is 0.737. The Kier molecular flexibility index (Phi) is 13.0. The van der Waals surface area contributed by atoms with Gasteiger partial charge in [-0.3, -0.25) is 14.8 Å². The Morgan fingerprint density at radius 3 is 2.27 bits per heavy atom. The molecule has 1 aromatic rings. The lowest BCUT2D eigenvalue weighted by molar-refractivity contribution is 0.178. The van der Waals surface area contributed by atoms with E-state index in [9.17, 15) is 0 Å². The first-order valence-electron chi connectivity index (χ1n) is 9.34. The molecule has 0 aliphatic heterocycles. The van der Waals surface area contributed by atoms with Gasteiger partial charge in [0.15, 0.2) is 5.96 Å². The Balaban J connectivity index is 0.00000625. The molecule has 0 bridgehead atoms. The molecule has 0 aromatic carbocycles. The van der Waals surface area contributed by atoms with Gasteiger partial charge in [-0.1, -0.05) is 0 Å². The molecule has 0 amide bonds. The molecule has 0 saturated carbocycles. The molecule has 26 heavy (non-hydrogen) atoms. The van der Waals surface area contributed by atoms with Gasteiger partial charge in [-0.05, 0) is 60.8 Å². The second-order valence-corrected chi connectivity index (χ2v) is 7.07. The third kappa shape index (κ3) is 8.73. The van der Waals surface area contributed by atoms with Crippen molar-refractivity contribution in [1.82, 2.24) is 20.4 Å². The average molecular weight is 479 g/mol. The fourth-order valence-corrected chi connectivity index (χ4v) is 2.92. The van der Waals surface area contributed by atoms with E-state index in [1.165, 1.54) is 0 Å². The molecule has 0 fully saturated rings. The first kappa shape index (κ1) is 25.2. The highest BCUT2D eigenvalue weighted by Gasteiger charge is 2.17. The maximum Gasteiger partial charge on any atom is 0.191 e. The van der Waals surface area contributed by atoms with Crippen LogP contribution in [0.25, 0.3) is 0 Å². The lowest BCUT2D eigenvalue weighted by Crippen LogP contribution is -2.45. The van der Waals surface area contributed by atoms with Crippen LogP contribution in [-0.4, -0.2) is 68.1 Å². The van der Waals surface area contributed by atoms with Gasteiger partial charge >= 0.3 is 0 Å². The number of furan rings is 1. The summed E-state index contributed by atoms with van der Waals surface area (Å²) in [5.74, 6) is 1.80. The zero-order chi connectivity index (χ0) is 18.8. The lowest BCUT2D eigenvalue weighted by Gasteiger charge is -2.30. The number of guanidine groups is 1. The average Bonchev–Trinajstić information content (AvgIpc) is 3.04. The van der Waals surface area contributed by atoms with Crippen molar-refractivity contribution < 1.29 is 4.42 Å². The number of nitrogens with one attached hydrogen (secondary N) is 2. The van der Waals surface area contributed by atoms with Crippen LogP contribution < -0.4 is 10.6 Å². The van der Waals surface area contributed by atoms with E-state index in [0.717, 1.165) is 31.4 Å². The third-order valence-electron chi connectivity index (χ3n) is 4.25. The lowest BCUT2D eigenvalue weighted by atomic mass is 10.2. The summed E-state index contributed by atoms with van der Waals surface area (Å²) >= 11 is 0. The van der Waals surface area contributed by atoms with Crippen LogP contribution in [0, 0.1) is 0 Å². The summed E-state index contributed by atoms with van der Waals surface area (Å²) in [7, 11) is 4.10. The van der Waals surface area contributed by atoms with E-state index in [0.29, 0.717) is 18.6 Å². The van der Waals surface area contributed by atoms with Crippen LogP contribution in [-0.2, 0) is 0 Å². The van der Waals surface area contributed by atoms with Crippen LogP contribution in [0.3, 0.4) is 0 Å². The smallest absolute Gasteiger partial charge is 0.191 e. The summed E-state index contributed by atoms with van der Waals surface area (Å²) < 4.78 is 5.56. The van der Waals surface area contributed by atoms with Crippen LogP contribution in [0.4, 0.5) is 0 Å². The molecule has 152 valence electrons. The summed E-state index contributed by atoms with van der Waals surface area (Å²) in [4.78, 5) is 9.36. The second kappa shape index (κ2) is 13.4. The summed E-state index contributed by atoms with van der Waals surface area (Å²) in [5, 5.41) is 6.77. The van der Waals surface area contributed by atoms with E-state index < -0.39 is 0 Å². The molecule has 1 rings (SSSR count). The zero-order valence-corrected chi connectivity index (χ0v) is 19.8. The number of rotatable bonds is 10. The van der Waals surface area contributed by atoms with Crippen molar-refractivity contribution in [3.63, 3.8) is 0 Å². The van der Waals surface area contributed by atoms with E-state index in [2.05, 4.69) is 55.1 Å². The Hall–Kier alpha value is -0.800. The van der Waals surface area contributed by atoms with Crippen LogP contribution >= 0.6 is 24.0 Å². The highest BCUT2D eigenvalue weighted by atomic mass is 127. The minimum absolute atomic E-state index is 0. The monoisotopic (exact) mass is 479 g/mol. The molecule has 1 heterocycles. The summed E-state index contributed by atoms with van der Waals surface area (Å²) in [5.41, 5.74) is 0. The molecule has 7 heteroatoms. The number of halogens is 1. The molecule has 1 aromatic heterocycles. The Labute approximate surface area is 176 Å². The zero-order valence-electron chi connectivity index (χ0n) is 17.5. The molecule has 0 spiro atoms. The van der Waals surface area contributed by atoms with Crippen molar-refractivity contribution in [2.45, 2.75) is 52.7 Å². The van der Waals surface area contributed by atoms with Crippen molar-refractivity contribution in [3.05, 3.63) is 24.2 Å². The van der Waals surface area contributed by atoms with Gasteiger partial charge in [0.1, 0.15) is 5.76 Å². The molecule has 0 saturated heterocycles. The largest absolute Gasteiger partial charge is 0.468 e. The third-order valence-corrected chi connectivity index (χ3v) is 4.25. The van der Waals surface area contributed by atoms with E-state index in [-0.39, 0.29) is 30.0 Å². The number of hydrogen-bond acceptors (Lipinski definition) is 4. The van der Waals surface area contributed by atoms with Crippen LogP contribution in [0.15, 0.2) is 27.8 Å². The van der Waals surface area contributed by atoms with E-state index in [1.54, 1.807) is 6.26 Å². The SMILES string of the molecule is CCNC(=NCC(c1ccco1)N(C)C)NCCN(C(C)C)C(C)C.I. The van der Waals surface area contributed by atoms with Crippen molar-refractivity contribution in [3.8, 4) is 0 Å². The first-order chi connectivity index (χ1) is 11.9. The topological polar surface area (TPSA) is 56.0 Å². The van der Waals surface area contributed by atoms with Gasteiger partial charge in [-0.15, -0.1) is 24.0 Å². The van der Waals surface area contributed by atoms with E-state index in [1.807, 2.05) is 26.2 Å². The van der Waals surface area contributed by atoms with Gasteiger partial charge in [-0.2, -0.15) is 0 Å². The number of likely N-dealkylation sites (N-methyl/N-ethyl adjacent to an activating group) is 1. The van der Waals surface area contributed by atoms with Crippen molar-refractivity contribution in [2.24, 2.45) is 4.99 Å². The Morgan fingerprint density at radius 1 is 1.15 bits per heavy atom.